The highest BCUT2D eigenvalue weighted by molar-refractivity contribution is 5.89. The van der Waals surface area contributed by atoms with Crippen LogP contribution in [0.15, 0.2) is 0 Å². The van der Waals surface area contributed by atoms with Gasteiger partial charge in [-0.1, -0.05) is 0 Å². The van der Waals surface area contributed by atoms with Crippen LogP contribution in [0.3, 0.4) is 0 Å². The molecule has 8 heteroatoms. The van der Waals surface area contributed by atoms with Crippen molar-refractivity contribution in [1.82, 2.24) is 10.2 Å². The second kappa shape index (κ2) is 6.84. The summed E-state index contributed by atoms with van der Waals surface area (Å²) in [6.45, 7) is 1.05. The molecule has 0 bridgehead atoms. The molecule has 1 heterocycles. The maximum atomic E-state index is 12.8. The fraction of sp³-hybridized carbons (Fsp3) is 0.800. The molecule has 0 spiro atoms. The molecule has 1 aliphatic rings. The minimum absolute atomic E-state index is 0. The molecular weight excluding hydrogens is 268 g/mol. The Morgan fingerprint density at radius 2 is 2.22 bits per heavy atom. The molecule has 0 saturated carbocycles. The largest absolute Gasteiger partial charge is 0.350 e. The van der Waals surface area contributed by atoms with Gasteiger partial charge in [0.25, 0.3) is 5.92 Å². The molecule has 18 heavy (non-hydrogen) atoms. The van der Waals surface area contributed by atoms with Gasteiger partial charge in [0.1, 0.15) is 0 Å². The fourth-order valence-electron chi connectivity index (χ4n) is 1.69. The lowest BCUT2D eigenvalue weighted by molar-refractivity contribution is -0.129. The minimum Gasteiger partial charge on any atom is -0.350 e. The maximum Gasteiger partial charge on any atom is 0.277 e. The first-order chi connectivity index (χ1) is 7.89. The number of carbonyl (C=O) groups is 2. The van der Waals surface area contributed by atoms with E-state index in [1.807, 2.05) is 0 Å². The van der Waals surface area contributed by atoms with Gasteiger partial charge >= 0.3 is 0 Å². The molecule has 2 amide bonds. The molecule has 0 radical (unpaired) electrons. The molecule has 1 saturated heterocycles. The Bertz CT molecular complexity index is 315. The van der Waals surface area contributed by atoms with Crippen molar-refractivity contribution in [3.63, 3.8) is 0 Å². The number of carbonyl (C=O) groups excluding carboxylic acids is 2. The molecule has 1 aliphatic heterocycles. The van der Waals surface area contributed by atoms with Crippen molar-refractivity contribution in [2.45, 2.75) is 19.3 Å². The van der Waals surface area contributed by atoms with Gasteiger partial charge in [0.15, 0.2) is 0 Å². The molecule has 1 unspecified atom stereocenters. The van der Waals surface area contributed by atoms with Crippen molar-refractivity contribution in [3.05, 3.63) is 0 Å². The van der Waals surface area contributed by atoms with E-state index < -0.39 is 30.8 Å². The Morgan fingerprint density at radius 3 is 2.67 bits per heavy atom. The summed E-state index contributed by atoms with van der Waals surface area (Å²) >= 11 is 0. The number of nitrogens with zero attached hydrogens (tertiary/aromatic N) is 1. The summed E-state index contributed by atoms with van der Waals surface area (Å²) < 4.78 is 25.6. The first-order valence-electron chi connectivity index (χ1n) is 5.53. The number of hydrogen-bond acceptors (Lipinski definition) is 3. The summed E-state index contributed by atoms with van der Waals surface area (Å²) in [6, 6.07) is 0. The predicted octanol–water partition coefficient (Wildman–Crippen LogP) is -0.0132. The van der Waals surface area contributed by atoms with Crippen LogP contribution in [0, 0.1) is 5.92 Å². The zero-order chi connectivity index (χ0) is 13.1. The summed E-state index contributed by atoms with van der Waals surface area (Å²) in [5.41, 5.74) is 4.85. The Balaban J connectivity index is 0.00000289. The van der Waals surface area contributed by atoms with E-state index in [4.69, 9.17) is 5.73 Å². The summed E-state index contributed by atoms with van der Waals surface area (Å²) in [5, 5.41) is 2.13. The Kier molecular flexibility index (Phi) is 6.48. The third kappa shape index (κ3) is 4.38. The van der Waals surface area contributed by atoms with Crippen LogP contribution in [0.1, 0.15) is 13.3 Å². The van der Waals surface area contributed by atoms with E-state index in [0.717, 1.165) is 0 Å². The number of rotatable bonds is 5. The Hall–Kier alpha value is -0.950. The lowest BCUT2D eigenvalue weighted by Crippen LogP contribution is -2.43. The Labute approximate surface area is 110 Å². The zero-order valence-electron chi connectivity index (χ0n) is 10.1. The summed E-state index contributed by atoms with van der Waals surface area (Å²) in [4.78, 5) is 24.4. The maximum absolute atomic E-state index is 12.8. The van der Waals surface area contributed by atoms with Gasteiger partial charge in [-0.15, -0.1) is 12.4 Å². The Morgan fingerprint density at radius 1 is 1.61 bits per heavy atom. The summed E-state index contributed by atoms with van der Waals surface area (Å²) in [7, 11) is 0. The van der Waals surface area contributed by atoms with Crippen molar-refractivity contribution < 1.29 is 18.4 Å². The van der Waals surface area contributed by atoms with Gasteiger partial charge in [0.05, 0.1) is 19.0 Å². The molecule has 0 aromatic carbocycles. The smallest absolute Gasteiger partial charge is 0.277 e. The molecule has 5 nitrogen and oxygen atoms in total. The summed E-state index contributed by atoms with van der Waals surface area (Å²) in [6.07, 6.45) is 0.0911. The average Bonchev–Trinajstić information content (AvgIpc) is 2.67. The molecule has 1 fully saturated rings. The number of alkyl halides is 2. The molecule has 0 aliphatic carbocycles. The molecule has 1 rings (SSSR count). The van der Waals surface area contributed by atoms with Gasteiger partial charge < -0.3 is 16.0 Å². The van der Waals surface area contributed by atoms with Crippen LogP contribution in [0.25, 0.3) is 0 Å². The van der Waals surface area contributed by atoms with E-state index in [0.29, 0.717) is 13.1 Å². The second-order valence-corrected chi connectivity index (χ2v) is 4.11. The third-order valence-electron chi connectivity index (χ3n) is 2.79. The quantitative estimate of drug-likeness (QED) is 0.746. The zero-order valence-corrected chi connectivity index (χ0v) is 10.9. The highest BCUT2D eigenvalue weighted by Gasteiger charge is 2.35. The van der Waals surface area contributed by atoms with Crippen LogP contribution in [0.2, 0.25) is 0 Å². The molecular formula is C10H18ClF2N3O2. The number of halogens is 3. The lowest BCUT2D eigenvalue weighted by Gasteiger charge is -2.17. The fourth-order valence-corrected chi connectivity index (χ4v) is 1.69. The van der Waals surface area contributed by atoms with E-state index in [-0.39, 0.29) is 24.7 Å². The molecule has 0 aromatic heterocycles. The van der Waals surface area contributed by atoms with E-state index in [2.05, 4.69) is 5.32 Å². The molecule has 106 valence electrons. The van der Waals surface area contributed by atoms with Crippen molar-refractivity contribution in [3.8, 4) is 0 Å². The van der Waals surface area contributed by atoms with Crippen LogP contribution >= 0.6 is 12.4 Å². The van der Waals surface area contributed by atoms with Gasteiger partial charge in [0.2, 0.25) is 11.8 Å². The van der Waals surface area contributed by atoms with Crippen molar-refractivity contribution in [2.75, 3.05) is 26.2 Å². The van der Waals surface area contributed by atoms with E-state index in [9.17, 15) is 18.4 Å². The van der Waals surface area contributed by atoms with Gasteiger partial charge in [-0.2, -0.15) is 0 Å². The minimum atomic E-state index is -3.09. The first kappa shape index (κ1) is 17.1. The standard InChI is InChI=1S/C10H17F2N3O2.ClH/c1-2-15-4-7(3-8(15)16)9(17)14-6-10(11,12)5-13;/h7H,2-6,13H2,1H3,(H,14,17);1H. The van der Waals surface area contributed by atoms with E-state index in [1.54, 1.807) is 6.92 Å². The molecule has 0 aromatic rings. The van der Waals surface area contributed by atoms with Gasteiger partial charge in [-0.05, 0) is 6.92 Å². The number of amides is 2. The number of nitrogens with two attached hydrogens (primary N) is 1. The van der Waals surface area contributed by atoms with Crippen molar-refractivity contribution >= 4 is 24.2 Å². The van der Waals surface area contributed by atoms with Crippen LogP contribution in [0.4, 0.5) is 8.78 Å². The van der Waals surface area contributed by atoms with Crippen LogP contribution < -0.4 is 11.1 Å². The number of nitrogens with one attached hydrogen (secondary N) is 1. The topological polar surface area (TPSA) is 75.4 Å². The van der Waals surface area contributed by atoms with Gasteiger partial charge in [-0.3, -0.25) is 9.59 Å². The number of likely N-dealkylation sites (tertiary alicyclic amines) is 1. The summed E-state index contributed by atoms with van der Waals surface area (Å²) in [5.74, 6) is -4.25. The van der Waals surface area contributed by atoms with Crippen LogP contribution in [-0.2, 0) is 9.59 Å². The molecule has 3 N–H and O–H groups in total. The second-order valence-electron chi connectivity index (χ2n) is 4.11. The van der Waals surface area contributed by atoms with Crippen LogP contribution in [0.5, 0.6) is 0 Å². The van der Waals surface area contributed by atoms with E-state index in [1.165, 1.54) is 4.90 Å². The lowest BCUT2D eigenvalue weighted by atomic mass is 10.1. The van der Waals surface area contributed by atoms with Crippen molar-refractivity contribution in [1.29, 1.82) is 0 Å². The average molecular weight is 286 g/mol. The van der Waals surface area contributed by atoms with Crippen molar-refractivity contribution in [2.24, 2.45) is 11.7 Å². The normalized spacial score (nSPS) is 19.7. The first-order valence-corrected chi connectivity index (χ1v) is 5.53. The number of hydrogen-bond donors (Lipinski definition) is 2. The predicted molar refractivity (Wildman–Crippen MR) is 64.6 cm³/mol. The van der Waals surface area contributed by atoms with E-state index >= 15 is 0 Å². The third-order valence-corrected chi connectivity index (χ3v) is 2.79. The monoisotopic (exact) mass is 285 g/mol. The van der Waals surface area contributed by atoms with Gasteiger partial charge in [0, 0.05) is 19.5 Å². The highest BCUT2D eigenvalue weighted by atomic mass is 35.5. The highest BCUT2D eigenvalue weighted by Crippen LogP contribution is 2.18. The van der Waals surface area contributed by atoms with Gasteiger partial charge in [-0.25, -0.2) is 8.78 Å². The molecule has 1 atom stereocenters. The SMILES string of the molecule is CCN1CC(C(=O)NCC(F)(F)CN)CC1=O.Cl. The van der Waals surface area contributed by atoms with Crippen LogP contribution in [-0.4, -0.2) is 48.8 Å².